The zero-order valence-corrected chi connectivity index (χ0v) is 16.4. The van der Waals surface area contributed by atoms with Gasteiger partial charge < -0.3 is 9.46 Å². The van der Waals surface area contributed by atoms with E-state index in [0.717, 1.165) is 36.4 Å². The van der Waals surface area contributed by atoms with Crippen LogP contribution in [0, 0.1) is 0 Å². The fourth-order valence-electron chi connectivity index (χ4n) is 4.51. The predicted octanol–water partition coefficient (Wildman–Crippen LogP) is 3.17. The number of hydrogen-bond donors (Lipinski definition) is 0. The van der Waals surface area contributed by atoms with Crippen molar-refractivity contribution in [3.63, 3.8) is 0 Å². The summed E-state index contributed by atoms with van der Waals surface area (Å²) in [6.07, 6.45) is 4.63. The van der Waals surface area contributed by atoms with Crippen molar-refractivity contribution in [3.05, 3.63) is 60.7 Å². The van der Waals surface area contributed by atoms with E-state index in [4.69, 9.17) is 0 Å². The number of hydrogen-bond acceptors (Lipinski definition) is 3. The molecular weight excluding hydrogens is 339 g/mol. The number of nitrogens with zero attached hydrogens (tertiary/aromatic N) is 2. The lowest BCUT2D eigenvalue weighted by Gasteiger charge is -2.27. The summed E-state index contributed by atoms with van der Waals surface area (Å²) in [6.45, 7) is 5.70. The van der Waals surface area contributed by atoms with Gasteiger partial charge in [-0.2, -0.15) is 0 Å². The number of benzene rings is 2. The maximum Gasteiger partial charge on any atom is 0.144 e. The lowest BCUT2D eigenvalue weighted by atomic mass is 10.2. The van der Waals surface area contributed by atoms with E-state index in [-0.39, 0.29) is 0 Å². The first-order valence-electron chi connectivity index (χ1n) is 9.92. The van der Waals surface area contributed by atoms with Crippen molar-refractivity contribution < 1.29 is 4.57 Å². The van der Waals surface area contributed by atoms with Crippen LogP contribution in [0.5, 0.6) is 0 Å². The molecule has 4 heteroatoms. The van der Waals surface area contributed by atoms with Crippen molar-refractivity contribution in [2.75, 3.05) is 38.9 Å². The summed E-state index contributed by atoms with van der Waals surface area (Å²) in [5.41, 5.74) is 0. The molecule has 2 heterocycles. The highest BCUT2D eigenvalue weighted by atomic mass is 31.2. The van der Waals surface area contributed by atoms with Crippen LogP contribution in [0.4, 0.5) is 0 Å². The summed E-state index contributed by atoms with van der Waals surface area (Å²) in [6, 6.07) is 20.9. The molecule has 2 aliphatic heterocycles. The molecule has 0 bridgehead atoms. The Labute approximate surface area is 157 Å². The molecule has 0 unspecified atom stereocenters. The van der Waals surface area contributed by atoms with Gasteiger partial charge >= 0.3 is 0 Å². The Bertz CT molecular complexity index is 706. The smallest absolute Gasteiger partial charge is 0.144 e. The lowest BCUT2D eigenvalue weighted by molar-refractivity contribution is 0.226. The highest BCUT2D eigenvalue weighted by Gasteiger charge is 2.31. The molecule has 2 aromatic carbocycles. The fraction of sp³-hybridized carbons (Fsp3) is 0.455. The first kappa shape index (κ1) is 18.0. The van der Waals surface area contributed by atoms with E-state index in [1.807, 2.05) is 60.7 Å². The maximum atomic E-state index is 14.1. The molecule has 0 aliphatic carbocycles. The molecule has 0 saturated carbocycles. The minimum absolute atomic E-state index is 0.713. The Kier molecular flexibility index (Phi) is 5.59. The normalized spacial score (nSPS) is 22.1. The van der Waals surface area contributed by atoms with Gasteiger partial charge in [0.2, 0.25) is 0 Å². The van der Waals surface area contributed by atoms with Crippen LogP contribution in [0.2, 0.25) is 0 Å². The lowest BCUT2D eigenvalue weighted by Crippen LogP contribution is -2.38. The molecule has 0 amide bonds. The van der Waals surface area contributed by atoms with Gasteiger partial charge in [0.1, 0.15) is 7.14 Å². The molecule has 1 atom stereocenters. The van der Waals surface area contributed by atoms with E-state index >= 15 is 0 Å². The summed E-state index contributed by atoms with van der Waals surface area (Å²) >= 11 is 0. The van der Waals surface area contributed by atoms with E-state index in [1.165, 1.54) is 32.4 Å². The van der Waals surface area contributed by atoms with Gasteiger partial charge in [-0.15, -0.1) is 0 Å². The van der Waals surface area contributed by atoms with Gasteiger partial charge in [-0.3, -0.25) is 4.90 Å². The summed E-state index contributed by atoms with van der Waals surface area (Å²) in [7, 11) is -2.59. The molecule has 0 N–H and O–H groups in total. The monoisotopic (exact) mass is 368 g/mol. The van der Waals surface area contributed by atoms with Gasteiger partial charge in [-0.1, -0.05) is 60.7 Å². The minimum atomic E-state index is -2.59. The predicted molar refractivity (Wildman–Crippen MR) is 110 cm³/mol. The number of fused-ring (bicyclic) bond motifs is 1. The van der Waals surface area contributed by atoms with Gasteiger partial charge in [0.05, 0.1) is 0 Å². The van der Waals surface area contributed by atoms with Gasteiger partial charge in [0, 0.05) is 35.9 Å². The van der Waals surface area contributed by atoms with E-state index in [9.17, 15) is 4.57 Å². The van der Waals surface area contributed by atoms with Crippen LogP contribution in [-0.2, 0) is 4.57 Å². The van der Waals surface area contributed by atoms with Gasteiger partial charge in [-0.25, -0.2) is 0 Å². The zero-order valence-electron chi connectivity index (χ0n) is 15.5. The van der Waals surface area contributed by atoms with Crippen LogP contribution < -0.4 is 10.6 Å². The summed E-state index contributed by atoms with van der Waals surface area (Å²) in [4.78, 5) is 5.22. The molecule has 0 spiro atoms. The molecular formula is C22H29N2OP. The summed E-state index contributed by atoms with van der Waals surface area (Å²) in [5, 5.41) is 1.98. The van der Waals surface area contributed by atoms with Crippen LogP contribution >= 0.6 is 7.14 Å². The first-order chi connectivity index (χ1) is 12.8. The van der Waals surface area contributed by atoms with Crippen LogP contribution in [0.3, 0.4) is 0 Å². The Morgan fingerprint density at radius 1 is 0.846 bits per heavy atom. The largest absolute Gasteiger partial charge is 0.314 e. The summed E-state index contributed by atoms with van der Waals surface area (Å²) in [5.74, 6) is 0. The second-order valence-corrected chi connectivity index (χ2v) is 10.6. The van der Waals surface area contributed by atoms with Crippen LogP contribution in [0.25, 0.3) is 0 Å². The average molecular weight is 368 g/mol. The molecule has 138 valence electrons. The zero-order chi connectivity index (χ0) is 17.8. The fourth-order valence-corrected chi connectivity index (χ4v) is 7.20. The SMILES string of the molecule is O=P(CCN1CCCN2CCC[C@@H]2C1)(c1ccccc1)c1ccccc1. The standard InChI is InChI=1S/C22H29N2OP/c25-26(21-10-3-1-4-11-21,22-12-5-2-6-13-22)18-17-23-14-8-16-24-15-7-9-20(24)19-23/h1-6,10-13,20H,7-9,14-19H2/t20-/m1/s1. The van der Waals surface area contributed by atoms with Gasteiger partial charge in [0.25, 0.3) is 0 Å². The van der Waals surface area contributed by atoms with Crippen LogP contribution in [-0.4, -0.2) is 54.7 Å². The second-order valence-electron chi connectivity index (χ2n) is 7.62. The molecule has 3 nitrogen and oxygen atoms in total. The molecule has 0 radical (unpaired) electrons. The van der Waals surface area contributed by atoms with Crippen molar-refractivity contribution in [1.29, 1.82) is 0 Å². The third-order valence-electron chi connectivity index (χ3n) is 5.97. The first-order valence-corrected chi connectivity index (χ1v) is 11.8. The molecule has 2 fully saturated rings. The molecule has 2 aliphatic rings. The minimum Gasteiger partial charge on any atom is -0.314 e. The highest BCUT2D eigenvalue weighted by Crippen LogP contribution is 2.43. The molecule has 2 saturated heterocycles. The highest BCUT2D eigenvalue weighted by molar-refractivity contribution is 7.78. The Hall–Kier alpha value is -1.41. The van der Waals surface area contributed by atoms with Crippen molar-refractivity contribution in [2.45, 2.75) is 25.3 Å². The third kappa shape index (κ3) is 3.81. The number of rotatable bonds is 5. The van der Waals surface area contributed by atoms with E-state index in [2.05, 4.69) is 9.80 Å². The second kappa shape index (κ2) is 8.08. The molecule has 0 aromatic heterocycles. The van der Waals surface area contributed by atoms with Crippen molar-refractivity contribution in [3.8, 4) is 0 Å². The average Bonchev–Trinajstić information content (AvgIpc) is 3.05. The Morgan fingerprint density at radius 3 is 2.12 bits per heavy atom. The Morgan fingerprint density at radius 2 is 1.46 bits per heavy atom. The van der Waals surface area contributed by atoms with E-state index < -0.39 is 7.14 Å². The van der Waals surface area contributed by atoms with Crippen molar-refractivity contribution in [2.24, 2.45) is 0 Å². The summed E-state index contributed by atoms with van der Waals surface area (Å²) < 4.78 is 14.1. The molecule has 4 rings (SSSR count). The van der Waals surface area contributed by atoms with Crippen LogP contribution in [0.15, 0.2) is 60.7 Å². The van der Waals surface area contributed by atoms with E-state index in [1.54, 1.807) is 0 Å². The van der Waals surface area contributed by atoms with Crippen LogP contribution in [0.1, 0.15) is 19.3 Å². The quantitative estimate of drug-likeness (QED) is 0.758. The third-order valence-corrected chi connectivity index (χ3v) is 9.06. The maximum absolute atomic E-state index is 14.1. The topological polar surface area (TPSA) is 23.6 Å². The van der Waals surface area contributed by atoms with Crippen molar-refractivity contribution >= 4 is 17.8 Å². The van der Waals surface area contributed by atoms with Crippen molar-refractivity contribution in [1.82, 2.24) is 9.80 Å². The Balaban J connectivity index is 1.53. The molecule has 2 aromatic rings. The van der Waals surface area contributed by atoms with E-state index in [0.29, 0.717) is 6.04 Å². The van der Waals surface area contributed by atoms with Gasteiger partial charge in [0.15, 0.2) is 0 Å². The molecule has 26 heavy (non-hydrogen) atoms. The van der Waals surface area contributed by atoms with Gasteiger partial charge in [-0.05, 0) is 38.9 Å².